The third kappa shape index (κ3) is 5.60. The number of carbonyl (C=O) groups is 1. The number of ether oxygens (including phenoxy) is 3. The van der Waals surface area contributed by atoms with E-state index in [2.05, 4.69) is 5.32 Å². The van der Waals surface area contributed by atoms with Gasteiger partial charge >= 0.3 is 0 Å². The fourth-order valence-corrected chi connectivity index (χ4v) is 4.76. The first-order chi connectivity index (χ1) is 16.3. The third-order valence-electron chi connectivity index (χ3n) is 5.24. The lowest BCUT2D eigenvalue weighted by atomic mass is 10.1. The summed E-state index contributed by atoms with van der Waals surface area (Å²) in [5.41, 5.74) is 2.03. The number of benzene rings is 3. The van der Waals surface area contributed by atoms with Crippen molar-refractivity contribution in [3.05, 3.63) is 72.3 Å². The van der Waals surface area contributed by atoms with Crippen LogP contribution >= 0.6 is 0 Å². The summed E-state index contributed by atoms with van der Waals surface area (Å²) < 4.78 is 44.0. The quantitative estimate of drug-likeness (QED) is 0.466. The molecule has 1 N–H and O–H groups in total. The average Bonchev–Trinajstić information content (AvgIpc) is 2.87. The Kier molecular flexibility index (Phi) is 8.01. The fourth-order valence-electron chi connectivity index (χ4n) is 3.32. The van der Waals surface area contributed by atoms with Gasteiger partial charge in [0, 0.05) is 11.8 Å². The number of methoxy groups -OCH3 is 3. The molecule has 1 amide bonds. The Bertz CT molecular complexity index is 1230. The van der Waals surface area contributed by atoms with Crippen LogP contribution < -0.4 is 23.8 Å². The molecule has 0 aliphatic heterocycles. The van der Waals surface area contributed by atoms with Crippen LogP contribution in [0.4, 0.5) is 11.4 Å². The van der Waals surface area contributed by atoms with E-state index in [0.29, 0.717) is 22.9 Å². The lowest BCUT2D eigenvalue weighted by Crippen LogP contribution is -2.38. The zero-order valence-corrected chi connectivity index (χ0v) is 20.4. The molecule has 180 valence electrons. The summed E-state index contributed by atoms with van der Waals surface area (Å²) in [6, 6.07) is 18.1. The van der Waals surface area contributed by atoms with Crippen LogP contribution in [0.15, 0.2) is 71.6 Å². The molecule has 0 saturated carbocycles. The van der Waals surface area contributed by atoms with E-state index in [0.717, 1.165) is 16.3 Å². The second kappa shape index (κ2) is 10.9. The molecular weight excluding hydrogens is 456 g/mol. The van der Waals surface area contributed by atoms with Crippen LogP contribution in [0.25, 0.3) is 0 Å². The molecule has 9 heteroatoms. The summed E-state index contributed by atoms with van der Waals surface area (Å²) in [7, 11) is 0.274. The lowest BCUT2D eigenvalue weighted by Gasteiger charge is -2.24. The summed E-state index contributed by atoms with van der Waals surface area (Å²) in [5.74, 6) is 0.737. The first-order valence-electron chi connectivity index (χ1n) is 10.6. The summed E-state index contributed by atoms with van der Waals surface area (Å²) >= 11 is 0. The van der Waals surface area contributed by atoms with Crippen molar-refractivity contribution in [1.82, 2.24) is 0 Å². The van der Waals surface area contributed by atoms with E-state index in [1.165, 1.54) is 39.5 Å². The van der Waals surface area contributed by atoms with Crippen LogP contribution in [0.5, 0.6) is 17.2 Å². The highest BCUT2D eigenvalue weighted by Crippen LogP contribution is 2.32. The van der Waals surface area contributed by atoms with Gasteiger partial charge in [0.05, 0.1) is 31.9 Å². The summed E-state index contributed by atoms with van der Waals surface area (Å²) in [5, 5.41) is 2.77. The maximum absolute atomic E-state index is 13.6. The van der Waals surface area contributed by atoms with Gasteiger partial charge in [0.25, 0.3) is 10.0 Å². The minimum Gasteiger partial charge on any atom is -0.497 e. The minimum atomic E-state index is -4.13. The van der Waals surface area contributed by atoms with Gasteiger partial charge in [0.2, 0.25) is 5.91 Å². The summed E-state index contributed by atoms with van der Waals surface area (Å²) in [4.78, 5) is 12.8. The second-order valence-electron chi connectivity index (χ2n) is 7.33. The Balaban J connectivity index is 1.96. The zero-order chi connectivity index (χ0) is 24.7. The number of aryl methyl sites for hydroxylation is 1. The van der Waals surface area contributed by atoms with E-state index in [-0.39, 0.29) is 10.6 Å². The standard InChI is InChI=1S/C25H28N2O6S/c1-5-18-6-8-19(9-7-18)26-25(28)17-27(20-10-12-21(31-2)13-11-20)34(29,30)22-14-15-23(32-3)24(16-22)33-4/h6-16H,5,17H2,1-4H3,(H,26,28). The normalized spacial score (nSPS) is 10.9. The topological polar surface area (TPSA) is 94.2 Å². The highest BCUT2D eigenvalue weighted by molar-refractivity contribution is 7.92. The lowest BCUT2D eigenvalue weighted by molar-refractivity contribution is -0.114. The zero-order valence-electron chi connectivity index (χ0n) is 19.6. The van der Waals surface area contributed by atoms with Gasteiger partial charge in [-0.1, -0.05) is 19.1 Å². The molecule has 3 aromatic rings. The van der Waals surface area contributed by atoms with E-state index in [9.17, 15) is 13.2 Å². The van der Waals surface area contributed by atoms with Gasteiger partial charge in [-0.15, -0.1) is 0 Å². The number of hydrogen-bond acceptors (Lipinski definition) is 6. The molecule has 0 unspecified atom stereocenters. The molecule has 0 aromatic heterocycles. The average molecular weight is 485 g/mol. The number of sulfonamides is 1. The van der Waals surface area contributed by atoms with Crippen molar-refractivity contribution in [2.24, 2.45) is 0 Å². The summed E-state index contributed by atoms with van der Waals surface area (Å²) in [6.45, 7) is 1.61. The Hall–Kier alpha value is -3.72. The molecular formula is C25H28N2O6S. The predicted molar refractivity (Wildman–Crippen MR) is 132 cm³/mol. The van der Waals surface area contributed by atoms with Crippen molar-refractivity contribution in [1.29, 1.82) is 0 Å². The van der Waals surface area contributed by atoms with Crippen LogP contribution in [0.3, 0.4) is 0 Å². The van der Waals surface area contributed by atoms with Crippen molar-refractivity contribution in [2.45, 2.75) is 18.2 Å². The molecule has 34 heavy (non-hydrogen) atoms. The molecule has 0 aliphatic rings. The van der Waals surface area contributed by atoms with E-state index >= 15 is 0 Å². The number of nitrogens with zero attached hydrogens (tertiary/aromatic N) is 1. The maximum Gasteiger partial charge on any atom is 0.264 e. The molecule has 0 fully saturated rings. The fraction of sp³-hybridized carbons (Fsp3) is 0.240. The van der Waals surface area contributed by atoms with E-state index in [1.807, 2.05) is 19.1 Å². The molecule has 8 nitrogen and oxygen atoms in total. The molecule has 0 atom stereocenters. The van der Waals surface area contributed by atoms with E-state index < -0.39 is 22.5 Å². The Morgan fingerprint density at radius 2 is 1.50 bits per heavy atom. The van der Waals surface area contributed by atoms with Crippen LogP contribution in [0, 0.1) is 0 Å². The predicted octanol–water partition coefficient (Wildman–Crippen LogP) is 4.11. The molecule has 3 aromatic carbocycles. The second-order valence-corrected chi connectivity index (χ2v) is 9.19. The SMILES string of the molecule is CCc1ccc(NC(=O)CN(c2ccc(OC)cc2)S(=O)(=O)c2ccc(OC)c(OC)c2)cc1. The van der Waals surface area contributed by atoms with Crippen LogP contribution in [-0.2, 0) is 21.2 Å². The highest BCUT2D eigenvalue weighted by atomic mass is 32.2. The van der Waals surface area contributed by atoms with E-state index in [1.54, 1.807) is 36.4 Å². The molecule has 0 heterocycles. The van der Waals surface area contributed by atoms with Crippen molar-refractivity contribution in [3.63, 3.8) is 0 Å². The molecule has 0 bridgehead atoms. The smallest absolute Gasteiger partial charge is 0.264 e. The van der Waals surface area contributed by atoms with Crippen LogP contribution in [0.2, 0.25) is 0 Å². The molecule has 0 saturated heterocycles. The highest BCUT2D eigenvalue weighted by Gasteiger charge is 2.28. The number of hydrogen-bond donors (Lipinski definition) is 1. The monoisotopic (exact) mass is 484 g/mol. The van der Waals surface area contributed by atoms with Crippen molar-refractivity contribution >= 4 is 27.3 Å². The Morgan fingerprint density at radius 3 is 2.06 bits per heavy atom. The van der Waals surface area contributed by atoms with Crippen LogP contribution in [0.1, 0.15) is 12.5 Å². The van der Waals surface area contributed by atoms with Crippen molar-refractivity contribution in [3.8, 4) is 17.2 Å². The van der Waals surface area contributed by atoms with Crippen LogP contribution in [-0.4, -0.2) is 42.2 Å². The molecule has 3 rings (SSSR count). The van der Waals surface area contributed by atoms with Crippen molar-refractivity contribution < 1.29 is 27.4 Å². The van der Waals surface area contributed by atoms with Gasteiger partial charge in [-0.05, 0) is 60.5 Å². The van der Waals surface area contributed by atoms with Crippen molar-refractivity contribution in [2.75, 3.05) is 37.5 Å². The minimum absolute atomic E-state index is 0.0407. The van der Waals surface area contributed by atoms with Gasteiger partial charge < -0.3 is 19.5 Å². The maximum atomic E-state index is 13.6. The Labute approximate surface area is 200 Å². The number of carbonyl (C=O) groups excluding carboxylic acids is 1. The number of amides is 1. The number of anilines is 2. The Morgan fingerprint density at radius 1 is 0.853 bits per heavy atom. The first-order valence-corrected chi connectivity index (χ1v) is 12.0. The van der Waals surface area contributed by atoms with Gasteiger partial charge in [0.15, 0.2) is 11.5 Å². The third-order valence-corrected chi connectivity index (χ3v) is 7.01. The van der Waals surface area contributed by atoms with Gasteiger partial charge in [-0.2, -0.15) is 0 Å². The number of nitrogens with one attached hydrogen (secondary N) is 1. The van der Waals surface area contributed by atoms with E-state index in [4.69, 9.17) is 14.2 Å². The van der Waals surface area contributed by atoms with Gasteiger partial charge in [-0.3, -0.25) is 9.10 Å². The largest absolute Gasteiger partial charge is 0.497 e. The molecule has 0 spiro atoms. The van der Waals surface area contributed by atoms with Gasteiger partial charge in [-0.25, -0.2) is 8.42 Å². The molecule has 0 aliphatic carbocycles. The van der Waals surface area contributed by atoms with Gasteiger partial charge in [0.1, 0.15) is 12.3 Å². The summed E-state index contributed by atoms with van der Waals surface area (Å²) in [6.07, 6.45) is 0.878. The first kappa shape index (κ1) is 24.9. The number of rotatable bonds is 10. The molecule has 0 radical (unpaired) electrons.